The number of phosphoric ester groups is 1. The molecular weight excluding hydrogens is 1220 g/mol. The van der Waals surface area contributed by atoms with Gasteiger partial charge in [0.1, 0.15) is 19.8 Å². The number of esters is 2. The largest absolute Gasteiger partial charge is 0.472 e. The number of hydrogen-bond donors (Lipinski definition) is 1. The monoisotopic (exact) mass is 1370 g/mol. The highest BCUT2D eigenvalue weighted by Crippen LogP contribution is 2.43. The van der Waals surface area contributed by atoms with Gasteiger partial charge in [0.05, 0.1) is 27.7 Å². The number of unbranched alkanes of at least 4 members (excludes halogenated alkanes) is 35. The van der Waals surface area contributed by atoms with Crippen LogP contribution >= 0.6 is 7.82 Å². The third-order valence-corrected chi connectivity index (χ3v) is 18.1. The van der Waals surface area contributed by atoms with E-state index in [0.717, 1.165) is 109 Å². The molecule has 0 aliphatic rings. The van der Waals surface area contributed by atoms with Crippen molar-refractivity contribution in [3.8, 4) is 0 Å². The van der Waals surface area contributed by atoms with Gasteiger partial charge in [-0.1, -0.05) is 372 Å². The van der Waals surface area contributed by atoms with Crippen molar-refractivity contribution in [2.45, 2.75) is 347 Å². The zero-order chi connectivity index (χ0) is 70.4. The summed E-state index contributed by atoms with van der Waals surface area (Å²) in [6.07, 6.45) is 113. The van der Waals surface area contributed by atoms with Gasteiger partial charge < -0.3 is 18.9 Å². The number of rotatable bonds is 73. The topological polar surface area (TPSA) is 108 Å². The first-order chi connectivity index (χ1) is 47.5. The van der Waals surface area contributed by atoms with E-state index in [4.69, 9.17) is 18.5 Å². The maximum Gasteiger partial charge on any atom is 0.472 e. The van der Waals surface area contributed by atoms with E-state index in [2.05, 4.69) is 160 Å². The molecule has 0 radical (unpaired) electrons. The van der Waals surface area contributed by atoms with E-state index >= 15 is 0 Å². The highest BCUT2D eigenvalue weighted by molar-refractivity contribution is 7.47. The van der Waals surface area contributed by atoms with Crippen LogP contribution in [0.3, 0.4) is 0 Å². The summed E-state index contributed by atoms with van der Waals surface area (Å²) in [4.78, 5) is 35.9. The third-order valence-electron chi connectivity index (χ3n) is 17.1. The molecule has 9 nitrogen and oxygen atoms in total. The lowest BCUT2D eigenvalue weighted by Crippen LogP contribution is -2.37. The van der Waals surface area contributed by atoms with Crippen LogP contribution in [-0.4, -0.2) is 74.9 Å². The molecule has 97 heavy (non-hydrogen) atoms. The Labute approximate surface area is 599 Å². The highest BCUT2D eigenvalue weighted by Gasteiger charge is 2.27. The molecule has 0 spiro atoms. The lowest BCUT2D eigenvalue weighted by atomic mass is 10.0. The van der Waals surface area contributed by atoms with Gasteiger partial charge in [-0.05, 0) is 103 Å². The third kappa shape index (κ3) is 80.8. The fraction of sp³-hybridized carbons (Fsp3) is 0.701. The van der Waals surface area contributed by atoms with Gasteiger partial charge in [0.15, 0.2) is 6.10 Å². The van der Waals surface area contributed by atoms with Crippen molar-refractivity contribution in [1.82, 2.24) is 0 Å². The van der Waals surface area contributed by atoms with Crippen LogP contribution in [0, 0.1) is 0 Å². The second-order valence-corrected chi connectivity index (χ2v) is 29.2. The molecule has 2 unspecified atom stereocenters. The van der Waals surface area contributed by atoms with Crippen LogP contribution in [0.1, 0.15) is 341 Å². The molecule has 2 atom stereocenters. The molecule has 0 bridgehead atoms. The molecule has 0 saturated carbocycles. The number of carbonyl (C=O) groups is 2. The highest BCUT2D eigenvalue weighted by atomic mass is 31.2. The summed E-state index contributed by atoms with van der Waals surface area (Å²) in [5.74, 6) is -0.845. The number of nitrogens with zero attached hydrogens (tertiary/aromatic N) is 1. The number of hydrogen-bond acceptors (Lipinski definition) is 7. The summed E-state index contributed by atoms with van der Waals surface area (Å²) in [5, 5.41) is 0. The molecular formula is C87H151NO8P+. The van der Waals surface area contributed by atoms with Crippen LogP contribution in [0.4, 0.5) is 0 Å². The summed E-state index contributed by atoms with van der Waals surface area (Å²) in [6.45, 7) is 4.30. The summed E-state index contributed by atoms with van der Waals surface area (Å²) in [7, 11) is 1.44. The van der Waals surface area contributed by atoms with E-state index in [1.807, 2.05) is 21.1 Å². The summed E-state index contributed by atoms with van der Waals surface area (Å²) in [5.41, 5.74) is 0. The Morgan fingerprint density at radius 2 is 0.588 bits per heavy atom. The van der Waals surface area contributed by atoms with Crippen LogP contribution in [0.2, 0.25) is 0 Å². The average Bonchev–Trinajstić information content (AvgIpc) is 1.69. The zero-order valence-electron chi connectivity index (χ0n) is 63.5. The first-order valence-corrected chi connectivity index (χ1v) is 41.6. The number of phosphoric acid groups is 1. The van der Waals surface area contributed by atoms with E-state index in [9.17, 15) is 19.0 Å². The van der Waals surface area contributed by atoms with Crippen molar-refractivity contribution in [1.29, 1.82) is 0 Å². The molecule has 0 fully saturated rings. The number of likely N-dealkylation sites (N-methyl/N-ethyl adjacent to an activating group) is 1. The maximum atomic E-state index is 12.9. The number of ether oxygens (including phenoxy) is 2. The molecule has 0 aromatic carbocycles. The molecule has 1 N–H and O–H groups in total. The van der Waals surface area contributed by atoms with Crippen molar-refractivity contribution in [3.05, 3.63) is 146 Å². The maximum absolute atomic E-state index is 12.9. The number of carbonyl (C=O) groups excluding carboxylic acids is 2. The Morgan fingerprint density at radius 3 is 0.876 bits per heavy atom. The lowest BCUT2D eigenvalue weighted by molar-refractivity contribution is -0.870. The Hall–Kier alpha value is -4.11. The van der Waals surface area contributed by atoms with Crippen molar-refractivity contribution < 1.29 is 42.1 Å². The second-order valence-electron chi connectivity index (χ2n) is 27.7. The zero-order valence-corrected chi connectivity index (χ0v) is 64.4. The smallest absolute Gasteiger partial charge is 0.462 e. The van der Waals surface area contributed by atoms with Gasteiger partial charge in [0.2, 0.25) is 0 Å². The van der Waals surface area contributed by atoms with Crippen LogP contribution in [0.25, 0.3) is 0 Å². The molecule has 0 aliphatic carbocycles. The van der Waals surface area contributed by atoms with E-state index in [1.54, 1.807) is 0 Å². The van der Waals surface area contributed by atoms with Crippen molar-refractivity contribution in [2.24, 2.45) is 0 Å². The predicted octanol–water partition coefficient (Wildman–Crippen LogP) is 26.9. The van der Waals surface area contributed by atoms with Crippen molar-refractivity contribution in [2.75, 3.05) is 47.5 Å². The van der Waals surface area contributed by atoms with Crippen LogP contribution in [-0.2, 0) is 32.7 Å². The number of quaternary nitrogens is 1. The van der Waals surface area contributed by atoms with Gasteiger partial charge in [0.25, 0.3) is 0 Å². The summed E-state index contributed by atoms with van der Waals surface area (Å²) >= 11 is 0. The number of allylic oxidation sites excluding steroid dienone is 24. The van der Waals surface area contributed by atoms with Crippen LogP contribution < -0.4 is 0 Å². The van der Waals surface area contributed by atoms with Crippen LogP contribution in [0.15, 0.2) is 146 Å². The minimum atomic E-state index is -4.42. The average molecular weight is 1370 g/mol. The van der Waals surface area contributed by atoms with E-state index in [0.29, 0.717) is 17.4 Å². The van der Waals surface area contributed by atoms with Crippen molar-refractivity contribution in [3.63, 3.8) is 0 Å². The Morgan fingerprint density at radius 1 is 0.330 bits per heavy atom. The van der Waals surface area contributed by atoms with Gasteiger partial charge in [-0.15, -0.1) is 0 Å². The Kier molecular flexibility index (Phi) is 72.9. The molecule has 0 aromatic heterocycles. The molecule has 0 aromatic rings. The van der Waals surface area contributed by atoms with E-state index in [1.165, 1.54) is 199 Å². The molecule has 0 rings (SSSR count). The van der Waals surface area contributed by atoms with Gasteiger partial charge in [0, 0.05) is 12.8 Å². The molecule has 0 aliphatic heterocycles. The van der Waals surface area contributed by atoms with Gasteiger partial charge in [-0.2, -0.15) is 0 Å². The fourth-order valence-corrected chi connectivity index (χ4v) is 11.8. The van der Waals surface area contributed by atoms with Crippen molar-refractivity contribution >= 4 is 19.8 Å². The summed E-state index contributed by atoms with van der Waals surface area (Å²) < 4.78 is 34.7. The molecule has 0 heterocycles. The molecule has 10 heteroatoms. The quantitative estimate of drug-likeness (QED) is 0.0211. The lowest BCUT2D eigenvalue weighted by Gasteiger charge is -2.24. The SMILES string of the molecule is CC/C=C\C/C=C\C/C=C\C/C=C\C/C=C\C/C=C\C/C=C\C/C=C\C/C=C\C/C=C\C/C=C\C/C=C\CCCCC(=O)OC(COC(=O)CCCCCCCCCCCCCCCCCCCCCCCCCCCCCCCCCCCC)COP(=O)(O)OCC[N+](C)(C)C. The van der Waals surface area contributed by atoms with Crippen LogP contribution in [0.5, 0.6) is 0 Å². The predicted molar refractivity (Wildman–Crippen MR) is 422 cm³/mol. The Balaban J connectivity index is 4.09. The minimum Gasteiger partial charge on any atom is -0.462 e. The summed E-state index contributed by atoms with van der Waals surface area (Å²) in [6, 6.07) is 0. The minimum absolute atomic E-state index is 0.0172. The van der Waals surface area contributed by atoms with Gasteiger partial charge in [-0.25, -0.2) is 4.57 Å². The first kappa shape index (κ1) is 92.9. The van der Waals surface area contributed by atoms with E-state index < -0.39 is 26.5 Å². The first-order valence-electron chi connectivity index (χ1n) is 40.1. The fourth-order valence-electron chi connectivity index (χ4n) is 11.1. The molecule has 0 amide bonds. The normalized spacial score (nSPS) is 13.8. The Bertz CT molecular complexity index is 2150. The standard InChI is InChI=1S/C87H150NO8P/c1-6-8-10-12-14-16-18-20-22-24-26-28-30-32-34-36-38-40-42-43-44-45-46-48-50-52-54-56-58-60-62-64-66-68-70-72-74-76-78-80-87(90)96-85(84-95-97(91,92)94-82-81-88(3,4)5)83-93-86(89)79-77-75-73-71-69-67-65-63-61-59-57-55-53-51-49-47-41-39-37-35-33-31-29-27-25-23-21-19-17-15-13-11-9-7-2/h8,10,14,16,20,22,26,28,32,34,38,40,43-44,46,48,52,54,58,60,64,66,70,72,85H,6-7,9,11-13,15,17-19,21,23-25,27,29-31,33,35-37,39,41-42,45,47,49-51,53,55-57,59,61-63,65,67-69,71,73-84H2,1-5H3/p+1/b10-8-,16-14-,22-20-,28-26-,34-32-,40-38-,44-43-,48-46-,54-52-,60-58-,66-64-,72-70-. The molecule has 0 saturated heterocycles. The second kappa shape index (κ2) is 76.1. The molecule has 556 valence electrons. The van der Waals surface area contributed by atoms with E-state index in [-0.39, 0.29) is 32.0 Å². The van der Waals surface area contributed by atoms with Gasteiger partial charge >= 0.3 is 19.8 Å². The van der Waals surface area contributed by atoms with Gasteiger partial charge in [-0.3, -0.25) is 18.6 Å².